The van der Waals surface area contributed by atoms with Crippen molar-refractivity contribution in [2.45, 2.75) is 12.8 Å². The van der Waals surface area contributed by atoms with Crippen molar-refractivity contribution < 1.29 is 14.3 Å². The van der Waals surface area contributed by atoms with Crippen LogP contribution in [0, 0.1) is 0 Å². The Morgan fingerprint density at radius 2 is 1.92 bits per heavy atom. The Bertz CT molecular complexity index is 906. The predicted molar refractivity (Wildman–Crippen MR) is 99.7 cm³/mol. The minimum Gasteiger partial charge on any atom is -0.457 e. The molecule has 0 bridgehead atoms. The third-order valence-electron chi connectivity index (χ3n) is 3.47. The highest BCUT2D eigenvalue weighted by Gasteiger charge is 2.14. The Labute approximate surface area is 158 Å². The highest BCUT2D eigenvalue weighted by molar-refractivity contribution is 7.18. The number of fused-ring (bicyclic) bond motifs is 1. The average Bonchev–Trinajstić information content (AvgIpc) is 3.03. The molecule has 0 N–H and O–H groups in total. The van der Waals surface area contributed by atoms with Gasteiger partial charge in [0, 0.05) is 17.0 Å². The van der Waals surface area contributed by atoms with Crippen LogP contribution < -0.4 is 0 Å². The Hall–Kier alpha value is -1.95. The smallest absolute Gasteiger partial charge is 0.306 e. The monoisotopic (exact) mass is 393 g/mol. The van der Waals surface area contributed by atoms with E-state index in [0.29, 0.717) is 11.4 Å². The summed E-state index contributed by atoms with van der Waals surface area (Å²) in [4.78, 5) is 28.4. The summed E-state index contributed by atoms with van der Waals surface area (Å²) < 4.78 is 6.12. The van der Waals surface area contributed by atoms with E-state index in [2.05, 4.69) is 4.98 Å². The summed E-state index contributed by atoms with van der Waals surface area (Å²) in [5.74, 6) is -0.841. The summed E-state index contributed by atoms with van der Waals surface area (Å²) in [6.45, 7) is -0.362. The second-order valence-corrected chi connectivity index (χ2v) is 7.24. The lowest BCUT2D eigenvalue weighted by molar-refractivity contribution is -0.142. The molecule has 4 nitrogen and oxygen atoms in total. The Morgan fingerprint density at radius 1 is 1.12 bits per heavy atom. The molecule has 0 amide bonds. The molecule has 0 aliphatic heterocycles. The fourth-order valence-corrected chi connectivity index (χ4v) is 3.60. The van der Waals surface area contributed by atoms with Crippen LogP contribution in [0.25, 0.3) is 10.2 Å². The van der Waals surface area contributed by atoms with Crippen LogP contribution in [-0.4, -0.2) is 23.3 Å². The van der Waals surface area contributed by atoms with Crippen molar-refractivity contribution in [3.05, 3.63) is 63.1 Å². The molecular weight excluding hydrogens is 381 g/mol. The topological polar surface area (TPSA) is 56.3 Å². The molecule has 0 spiro atoms. The molecule has 0 aliphatic rings. The Kier molecular flexibility index (Phi) is 5.68. The Morgan fingerprint density at radius 3 is 2.72 bits per heavy atom. The molecule has 0 saturated carbocycles. The first-order chi connectivity index (χ1) is 12.0. The molecule has 3 aromatic rings. The second-order valence-electron chi connectivity index (χ2n) is 5.28. The van der Waals surface area contributed by atoms with Gasteiger partial charge in [0.1, 0.15) is 0 Å². The van der Waals surface area contributed by atoms with Gasteiger partial charge in [-0.3, -0.25) is 9.59 Å². The van der Waals surface area contributed by atoms with E-state index >= 15 is 0 Å². The van der Waals surface area contributed by atoms with E-state index in [1.165, 1.54) is 12.1 Å². The summed E-state index contributed by atoms with van der Waals surface area (Å²) in [5, 5.41) is 1.54. The van der Waals surface area contributed by atoms with Crippen molar-refractivity contribution in [2.75, 3.05) is 6.61 Å². The zero-order valence-corrected chi connectivity index (χ0v) is 15.3. The van der Waals surface area contributed by atoms with Gasteiger partial charge in [-0.25, -0.2) is 4.98 Å². The lowest BCUT2D eigenvalue weighted by Crippen LogP contribution is -2.15. The quantitative estimate of drug-likeness (QED) is 0.438. The molecule has 128 valence electrons. The maximum absolute atomic E-state index is 12.1. The van der Waals surface area contributed by atoms with E-state index in [9.17, 15) is 9.59 Å². The van der Waals surface area contributed by atoms with Crippen molar-refractivity contribution in [1.82, 2.24) is 4.98 Å². The lowest BCUT2D eigenvalue weighted by atomic mass is 10.1. The fourth-order valence-electron chi connectivity index (χ4n) is 2.24. The normalized spacial score (nSPS) is 10.8. The van der Waals surface area contributed by atoms with Gasteiger partial charge in [0.15, 0.2) is 6.61 Å². The number of esters is 1. The minimum absolute atomic E-state index is 0.163. The molecule has 25 heavy (non-hydrogen) atoms. The van der Waals surface area contributed by atoms with Crippen LogP contribution in [0.3, 0.4) is 0 Å². The largest absolute Gasteiger partial charge is 0.457 e. The van der Waals surface area contributed by atoms with Crippen LogP contribution in [0.4, 0.5) is 0 Å². The standard InChI is InChI=1S/C18H13Cl2NO3S/c19-11-5-6-13(20)12(9-11)15(22)10-24-18(23)8-7-17-21-14-3-1-2-4-16(14)25-17/h1-6,9H,7-8,10H2. The number of aryl methyl sites for hydroxylation is 1. The van der Waals surface area contributed by atoms with Gasteiger partial charge in [0.25, 0.3) is 0 Å². The number of para-hydroxylation sites is 1. The lowest BCUT2D eigenvalue weighted by Gasteiger charge is -2.06. The Balaban J connectivity index is 1.52. The molecule has 0 radical (unpaired) electrons. The van der Waals surface area contributed by atoms with Gasteiger partial charge in [-0.15, -0.1) is 11.3 Å². The van der Waals surface area contributed by atoms with E-state index in [0.717, 1.165) is 15.2 Å². The number of hydrogen-bond acceptors (Lipinski definition) is 5. The van der Waals surface area contributed by atoms with Crippen LogP contribution in [0.2, 0.25) is 10.0 Å². The third kappa shape index (κ3) is 4.57. The van der Waals surface area contributed by atoms with Crippen LogP contribution in [-0.2, 0) is 16.0 Å². The number of hydrogen-bond donors (Lipinski definition) is 0. The van der Waals surface area contributed by atoms with E-state index in [-0.39, 0.29) is 29.4 Å². The van der Waals surface area contributed by atoms with E-state index < -0.39 is 5.97 Å². The van der Waals surface area contributed by atoms with Crippen LogP contribution >= 0.6 is 34.5 Å². The van der Waals surface area contributed by atoms with Gasteiger partial charge in [0.2, 0.25) is 5.78 Å². The molecule has 7 heteroatoms. The number of ether oxygens (including phenoxy) is 1. The number of rotatable bonds is 6. The highest BCUT2D eigenvalue weighted by Crippen LogP contribution is 2.23. The molecular formula is C18H13Cl2NO3S. The zero-order chi connectivity index (χ0) is 17.8. The number of carbonyl (C=O) groups excluding carboxylic acids is 2. The first-order valence-corrected chi connectivity index (χ1v) is 9.08. The third-order valence-corrected chi connectivity index (χ3v) is 5.14. The molecule has 2 aromatic carbocycles. The molecule has 0 atom stereocenters. The molecule has 3 rings (SSSR count). The molecule has 0 unspecified atom stereocenters. The number of Topliss-reactive ketones (excluding diaryl/α,β-unsaturated/α-hetero) is 1. The highest BCUT2D eigenvalue weighted by atomic mass is 35.5. The summed E-state index contributed by atoms with van der Waals surface area (Å²) >= 11 is 13.4. The summed E-state index contributed by atoms with van der Waals surface area (Å²) in [5.41, 5.74) is 1.16. The molecule has 0 fully saturated rings. The molecule has 1 aromatic heterocycles. The van der Waals surface area contributed by atoms with Crippen molar-refractivity contribution in [1.29, 1.82) is 0 Å². The van der Waals surface area contributed by atoms with Crippen molar-refractivity contribution in [3.8, 4) is 0 Å². The number of benzene rings is 2. The van der Waals surface area contributed by atoms with E-state index in [1.54, 1.807) is 17.4 Å². The predicted octanol–water partition coefficient (Wildman–Crippen LogP) is 4.96. The zero-order valence-electron chi connectivity index (χ0n) is 13.0. The van der Waals surface area contributed by atoms with Gasteiger partial charge in [-0.05, 0) is 30.3 Å². The molecule has 0 saturated heterocycles. The van der Waals surface area contributed by atoms with Crippen LogP contribution in [0.15, 0.2) is 42.5 Å². The van der Waals surface area contributed by atoms with E-state index in [4.69, 9.17) is 27.9 Å². The van der Waals surface area contributed by atoms with Gasteiger partial charge in [-0.1, -0.05) is 35.3 Å². The number of carbonyl (C=O) groups is 2. The summed E-state index contributed by atoms with van der Waals surface area (Å²) in [7, 11) is 0. The number of thiazole rings is 1. The fraction of sp³-hybridized carbons (Fsp3) is 0.167. The minimum atomic E-state index is -0.453. The first kappa shape index (κ1) is 17.9. The SMILES string of the molecule is O=C(CCc1nc2ccccc2s1)OCC(=O)c1cc(Cl)ccc1Cl. The van der Waals surface area contributed by atoms with Crippen LogP contribution in [0.1, 0.15) is 21.8 Å². The molecule has 1 heterocycles. The van der Waals surface area contributed by atoms with Crippen molar-refractivity contribution in [2.24, 2.45) is 0 Å². The maximum atomic E-state index is 12.1. The number of nitrogens with zero attached hydrogens (tertiary/aromatic N) is 1. The van der Waals surface area contributed by atoms with Gasteiger partial charge >= 0.3 is 5.97 Å². The summed E-state index contributed by atoms with van der Waals surface area (Å²) in [6, 6.07) is 12.4. The van der Waals surface area contributed by atoms with Gasteiger partial charge in [-0.2, -0.15) is 0 Å². The van der Waals surface area contributed by atoms with Crippen molar-refractivity contribution in [3.63, 3.8) is 0 Å². The van der Waals surface area contributed by atoms with E-state index in [1.807, 2.05) is 24.3 Å². The molecule has 0 aliphatic carbocycles. The van der Waals surface area contributed by atoms with Crippen molar-refractivity contribution >= 4 is 56.5 Å². The number of ketones is 1. The average molecular weight is 394 g/mol. The first-order valence-electron chi connectivity index (χ1n) is 7.51. The number of halogens is 2. The van der Waals surface area contributed by atoms with Gasteiger partial charge in [0.05, 0.1) is 26.7 Å². The maximum Gasteiger partial charge on any atom is 0.306 e. The number of aromatic nitrogens is 1. The van der Waals surface area contributed by atoms with Crippen LogP contribution in [0.5, 0.6) is 0 Å². The second kappa shape index (κ2) is 7.95. The summed E-state index contributed by atoms with van der Waals surface area (Å²) in [6.07, 6.45) is 0.640. The van der Waals surface area contributed by atoms with Gasteiger partial charge < -0.3 is 4.74 Å².